The molecule has 0 spiro atoms. The van der Waals surface area contributed by atoms with Crippen molar-refractivity contribution < 1.29 is 4.57 Å². The first kappa shape index (κ1) is 29.2. The number of nitrogens with zero attached hydrogens (tertiary/aromatic N) is 1. The second-order valence-electron chi connectivity index (χ2n) is 10.3. The number of unbranched alkanes of at least 4 members (excludes halogenated alkanes) is 20. The van der Waals surface area contributed by atoms with Gasteiger partial charge in [-0.15, -0.1) is 0 Å². The van der Waals surface area contributed by atoms with E-state index < -0.39 is 0 Å². The highest BCUT2D eigenvalue weighted by atomic mass is 14.9. The van der Waals surface area contributed by atoms with Gasteiger partial charge in [-0.25, -0.2) is 4.57 Å². The number of pyridine rings is 1. The van der Waals surface area contributed by atoms with Crippen LogP contribution in [0.25, 0.3) is 0 Å². The molecule has 0 bridgehead atoms. The van der Waals surface area contributed by atoms with E-state index in [0.717, 1.165) is 0 Å². The van der Waals surface area contributed by atoms with Crippen LogP contribution in [0.1, 0.15) is 161 Å². The van der Waals surface area contributed by atoms with E-state index in [4.69, 9.17) is 0 Å². The van der Waals surface area contributed by atoms with Crippen molar-refractivity contribution in [2.24, 2.45) is 0 Å². The van der Waals surface area contributed by atoms with Crippen molar-refractivity contribution in [1.82, 2.24) is 0 Å². The molecule has 32 heavy (non-hydrogen) atoms. The monoisotopic (exact) mass is 444 g/mol. The molecule has 1 aromatic heterocycles. The first-order valence-corrected chi connectivity index (χ1v) is 14.8. The van der Waals surface area contributed by atoms with Crippen LogP contribution < -0.4 is 4.57 Å². The van der Waals surface area contributed by atoms with Crippen LogP contribution in [0.3, 0.4) is 0 Å². The summed E-state index contributed by atoms with van der Waals surface area (Å²) in [7, 11) is 0. The van der Waals surface area contributed by atoms with Gasteiger partial charge in [0.25, 0.3) is 0 Å². The normalized spacial score (nSPS) is 11.3. The highest BCUT2D eigenvalue weighted by Crippen LogP contribution is 2.14. The Kier molecular flexibility index (Phi) is 21.3. The predicted molar refractivity (Wildman–Crippen MR) is 143 cm³/mol. The molecule has 0 aliphatic rings. The second-order valence-corrected chi connectivity index (χ2v) is 10.3. The zero-order chi connectivity index (χ0) is 23.0. The molecule has 0 atom stereocenters. The highest BCUT2D eigenvalue weighted by molar-refractivity contribution is 5.05. The summed E-state index contributed by atoms with van der Waals surface area (Å²) >= 11 is 0. The van der Waals surface area contributed by atoms with Crippen molar-refractivity contribution in [3.05, 3.63) is 30.1 Å². The van der Waals surface area contributed by atoms with E-state index >= 15 is 0 Å². The van der Waals surface area contributed by atoms with Crippen molar-refractivity contribution in [3.63, 3.8) is 0 Å². The number of aryl methyl sites for hydroxylation is 2. The minimum Gasteiger partial charge on any atom is -0.205 e. The molecule has 1 heteroatoms. The second kappa shape index (κ2) is 23.3. The fourth-order valence-electron chi connectivity index (χ4n) is 4.82. The molecule has 0 unspecified atom stereocenters. The largest absolute Gasteiger partial charge is 0.205 e. The molecule has 0 saturated carbocycles. The average Bonchev–Trinajstić information content (AvgIpc) is 2.81. The zero-order valence-electron chi connectivity index (χ0n) is 22.2. The van der Waals surface area contributed by atoms with E-state index in [1.54, 1.807) is 0 Å². The number of hydrogen-bond acceptors (Lipinski definition) is 0. The van der Waals surface area contributed by atoms with Gasteiger partial charge in [-0.2, -0.15) is 0 Å². The van der Waals surface area contributed by atoms with Gasteiger partial charge >= 0.3 is 0 Å². The quantitative estimate of drug-likeness (QED) is 0.110. The minimum absolute atomic E-state index is 1.20. The summed E-state index contributed by atoms with van der Waals surface area (Å²) in [5.41, 5.74) is 1.53. The summed E-state index contributed by atoms with van der Waals surface area (Å²) in [6.07, 6.45) is 37.3. The maximum absolute atomic E-state index is 2.43. The molecule has 1 nitrogen and oxygen atoms in total. The lowest BCUT2D eigenvalue weighted by Gasteiger charge is -2.04. The first-order chi connectivity index (χ1) is 15.9. The lowest BCUT2D eigenvalue weighted by molar-refractivity contribution is -0.697. The van der Waals surface area contributed by atoms with Crippen LogP contribution in [0.2, 0.25) is 0 Å². The fraction of sp³-hybridized carbons (Fsp3) is 0.839. The Morgan fingerprint density at radius 2 is 0.906 bits per heavy atom. The maximum Gasteiger partial charge on any atom is 0.171 e. The van der Waals surface area contributed by atoms with Crippen molar-refractivity contribution in [3.8, 4) is 0 Å². The molecule has 1 aromatic rings. The van der Waals surface area contributed by atoms with Gasteiger partial charge in [0.2, 0.25) is 0 Å². The molecule has 0 radical (unpaired) electrons. The molecular weight excluding hydrogens is 386 g/mol. The standard InChI is InChI=1S/C31H58N/c1-3-5-7-9-11-13-14-15-16-17-18-19-21-23-26-31-27-25-29-32(30-31)28-24-22-20-12-10-8-6-4-2/h25,27,29-30H,3-24,26,28H2,1-2H3/q+1. The Morgan fingerprint density at radius 3 is 1.38 bits per heavy atom. The third-order valence-electron chi connectivity index (χ3n) is 7.01. The smallest absolute Gasteiger partial charge is 0.171 e. The van der Waals surface area contributed by atoms with E-state index in [2.05, 4.69) is 42.9 Å². The third-order valence-corrected chi connectivity index (χ3v) is 7.01. The lowest BCUT2D eigenvalue weighted by atomic mass is 10.0. The maximum atomic E-state index is 2.43. The summed E-state index contributed by atoms with van der Waals surface area (Å²) in [5, 5.41) is 0. The van der Waals surface area contributed by atoms with Gasteiger partial charge in [0.15, 0.2) is 12.4 Å². The molecule has 1 rings (SSSR count). The van der Waals surface area contributed by atoms with Gasteiger partial charge < -0.3 is 0 Å². The molecule has 0 amide bonds. The Morgan fingerprint density at radius 1 is 0.500 bits per heavy atom. The highest BCUT2D eigenvalue weighted by Gasteiger charge is 2.03. The van der Waals surface area contributed by atoms with Gasteiger partial charge in [-0.1, -0.05) is 136 Å². The SMILES string of the molecule is CCCCCCCCCCCCCCCCc1ccc[n+](CCCCCCCCCC)c1. The van der Waals surface area contributed by atoms with Crippen LogP contribution in [0.4, 0.5) is 0 Å². The molecular formula is C31H58N+. The van der Waals surface area contributed by atoms with Crippen LogP contribution in [0.15, 0.2) is 24.5 Å². The fourth-order valence-corrected chi connectivity index (χ4v) is 4.82. The molecule has 0 aliphatic heterocycles. The van der Waals surface area contributed by atoms with E-state index in [1.165, 1.54) is 160 Å². The Labute approximate surface area is 202 Å². The molecule has 0 saturated heterocycles. The molecule has 186 valence electrons. The molecule has 0 aromatic carbocycles. The topological polar surface area (TPSA) is 3.88 Å². The Hall–Kier alpha value is -0.850. The zero-order valence-corrected chi connectivity index (χ0v) is 22.2. The van der Waals surface area contributed by atoms with Crippen molar-refractivity contribution in [2.75, 3.05) is 0 Å². The molecule has 0 aliphatic carbocycles. The minimum atomic E-state index is 1.20. The summed E-state index contributed by atoms with van der Waals surface area (Å²) in [6, 6.07) is 4.58. The summed E-state index contributed by atoms with van der Waals surface area (Å²) in [6.45, 7) is 5.79. The van der Waals surface area contributed by atoms with Crippen molar-refractivity contribution in [2.45, 2.75) is 168 Å². The molecule has 1 heterocycles. The van der Waals surface area contributed by atoms with Crippen LogP contribution >= 0.6 is 0 Å². The van der Waals surface area contributed by atoms with E-state index in [1.807, 2.05) is 0 Å². The van der Waals surface area contributed by atoms with E-state index in [0.29, 0.717) is 0 Å². The average molecular weight is 445 g/mol. The first-order valence-electron chi connectivity index (χ1n) is 14.8. The number of hydrogen-bond donors (Lipinski definition) is 0. The Bertz CT molecular complexity index is 495. The van der Waals surface area contributed by atoms with Crippen LogP contribution in [-0.4, -0.2) is 0 Å². The van der Waals surface area contributed by atoms with Crippen LogP contribution in [-0.2, 0) is 13.0 Å². The van der Waals surface area contributed by atoms with Gasteiger partial charge in [0, 0.05) is 18.1 Å². The van der Waals surface area contributed by atoms with Crippen LogP contribution in [0, 0.1) is 0 Å². The third kappa shape index (κ3) is 18.7. The number of aromatic nitrogens is 1. The summed E-state index contributed by atoms with van der Waals surface area (Å²) < 4.78 is 2.43. The van der Waals surface area contributed by atoms with Crippen LogP contribution in [0.5, 0.6) is 0 Å². The molecule has 0 N–H and O–H groups in total. The van der Waals surface area contributed by atoms with Gasteiger partial charge in [0.05, 0.1) is 0 Å². The number of rotatable bonds is 24. The summed E-state index contributed by atoms with van der Waals surface area (Å²) in [5.74, 6) is 0. The predicted octanol–water partition coefficient (Wildman–Crippen LogP) is 10.1. The molecule has 0 fully saturated rings. The van der Waals surface area contributed by atoms with Gasteiger partial charge in [-0.3, -0.25) is 0 Å². The van der Waals surface area contributed by atoms with E-state index in [9.17, 15) is 0 Å². The van der Waals surface area contributed by atoms with Gasteiger partial charge in [0.1, 0.15) is 6.54 Å². The van der Waals surface area contributed by atoms with Crippen molar-refractivity contribution in [1.29, 1.82) is 0 Å². The lowest BCUT2D eigenvalue weighted by Crippen LogP contribution is -2.33. The Balaban J connectivity index is 1.91. The summed E-state index contributed by atoms with van der Waals surface area (Å²) in [4.78, 5) is 0. The van der Waals surface area contributed by atoms with E-state index in [-0.39, 0.29) is 0 Å². The van der Waals surface area contributed by atoms with Gasteiger partial charge in [-0.05, 0) is 25.3 Å². The van der Waals surface area contributed by atoms with Crippen molar-refractivity contribution >= 4 is 0 Å².